The molecule has 0 aromatic heterocycles. The van der Waals surface area contributed by atoms with Gasteiger partial charge in [0.2, 0.25) is 0 Å². The number of amides is 1. The number of ketones is 1. The molecule has 0 saturated carbocycles. The van der Waals surface area contributed by atoms with Crippen LogP contribution in [0.15, 0.2) is 48.5 Å². The Morgan fingerprint density at radius 2 is 1.68 bits per heavy atom. The second kappa shape index (κ2) is 6.64. The van der Waals surface area contributed by atoms with Crippen molar-refractivity contribution in [2.24, 2.45) is 0 Å². The number of nitrogens with zero attached hydrogens (tertiary/aromatic N) is 1. The van der Waals surface area contributed by atoms with E-state index in [1.807, 2.05) is 24.3 Å². The SMILES string of the molecule is O=C1CCN(C(=O)OCC2c3ccccc3-c3ccccc32)C[C@@H]1Br. The minimum Gasteiger partial charge on any atom is -0.448 e. The summed E-state index contributed by atoms with van der Waals surface area (Å²) in [7, 11) is 0. The lowest BCUT2D eigenvalue weighted by atomic mass is 9.98. The molecule has 5 heteroatoms. The van der Waals surface area contributed by atoms with Gasteiger partial charge in [-0.25, -0.2) is 4.79 Å². The molecule has 0 bridgehead atoms. The van der Waals surface area contributed by atoms with E-state index in [1.165, 1.54) is 22.3 Å². The van der Waals surface area contributed by atoms with Crippen LogP contribution in [0.4, 0.5) is 4.79 Å². The lowest BCUT2D eigenvalue weighted by Crippen LogP contribution is -2.45. The fourth-order valence-corrected chi connectivity index (χ4v) is 4.22. The molecule has 1 atom stereocenters. The highest BCUT2D eigenvalue weighted by atomic mass is 79.9. The lowest BCUT2D eigenvalue weighted by Gasteiger charge is -2.28. The van der Waals surface area contributed by atoms with Crippen LogP contribution in [-0.2, 0) is 9.53 Å². The fourth-order valence-electron chi connectivity index (χ4n) is 3.64. The zero-order valence-corrected chi connectivity index (χ0v) is 15.2. The van der Waals surface area contributed by atoms with Gasteiger partial charge in [0.15, 0.2) is 0 Å². The van der Waals surface area contributed by atoms with Gasteiger partial charge in [-0.05, 0) is 22.3 Å². The molecule has 2 aromatic carbocycles. The van der Waals surface area contributed by atoms with Crippen LogP contribution < -0.4 is 0 Å². The summed E-state index contributed by atoms with van der Waals surface area (Å²) < 4.78 is 5.62. The van der Waals surface area contributed by atoms with Crippen molar-refractivity contribution in [1.82, 2.24) is 4.90 Å². The summed E-state index contributed by atoms with van der Waals surface area (Å²) in [5, 5.41) is 0. The number of hydrogen-bond acceptors (Lipinski definition) is 3. The number of likely N-dealkylation sites (tertiary alicyclic amines) is 1. The van der Waals surface area contributed by atoms with Gasteiger partial charge in [0, 0.05) is 25.4 Å². The van der Waals surface area contributed by atoms with Crippen molar-refractivity contribution in [3.05, 3.63) is 59.7 Å². The summed E-state index contributed by atoms with van der Waals surface area (Å²) in [6.07, 6.45) is 0.0268. The lowest BCUT2D eigenvalue weighted by molar-refractivity contribution is -0.120. The zero-order valence-electron chi connectivity index (χ0n) is 13.7. The fraction of sp³-hybridized carbons (Fsp3) is 0.300. The maximum absolute atomic E-state index is 12.4. The average molecular weight is 400 g/mol. The van der Waals surface area contributed by atoms with Gasteiger partial charge >= 0.3 is 6.09 Å². The quantitative estimate of drug-likeness (QED) is 0.717. The molecule has 25 heavy (non-hydrogen) atoms. The van der Waals surface area contributed by atoms with Crippen molar-refractivity contribution in [3.63, 3.8) is 0 Å². The summed E-state index contributed by atoms with van der Waals surface area (Å²) in [6, 6.07) is 16.5. The highest BCUT2D eigenvalue weighted by molar-refractivity contribution is 9.10. The molecule has 1 fully saturated rings. The summed E-state index contributed by atoms with van der Waals surface area (Å²) in [4.78, 5) is 25.3. The van der Waals surface area contributed by atoms with Gasteiger partial charge < -0.3 is 9.64 Å². The first kappa shape index (κ1) is 16.3. The molecule has 1 saturated heterocycles. The molecule has 0 unspecified atom stereocenters. The molecule has 2 aliphatic rings. The van der Waals surface area contributed by atoms with E-state index in [4.69, 9.17) is 4.74 Å². The Balaban J connectivity index is 1.50. The normalized spacial score (nSPS) is 19.5. The molecular weight excluding hydrogens is 382 g/mol. The second-order valence-corrected chi connectivity index (χ2v) is 7.54. The molecule has 1 amide bonds. The van der Waals surface area contributed by atoms with Crippen molar-refractivity contribution < 1.29 is 14.3 Å². The number of hydrogen-bond donors (Lipinski definition) is 0. The van der Waals surface area contributed by atoms with Crippen LogP contribution in [0.1, 0.15) is 23.5 Å². The third-order valence-corrected chi connectivity index (χ3v) is 5.75. The van der Waals surface area contributed by atoms with Gasteiger partial charge in [0.1, 0.15) is 12.4 Å². The molecule has 4 rings (SSSR count). The van der Waals surface area contributed by atoms with Crippen molar-refractivity contribution in [2.75, 3.05) is 19.7 Å². The Morgan fingerprint density at radius 1 is 1.08 bits per heavy atom. The van der Waals surface area contributed by atoms with Gasteiger partial charge in [0.05, 0.1) is 4.83 Å². The smallest absolute Gasteiger partial charge is 0.409 e. The monoisotopic (exact) mass is 399 g/mol. The molecule has 4 nitrogen and oxygen atoms in total. The number of benzene rings is 2. The van der Waals surface area contributed by atoms with Crippen LogP contribution in [-0.4, -0.2) is 41.3 Å². The van der Waals surface area contributed by atoms with E-state index in [9.17, 15) is 9.59 Å². The number of piperidine rings is 1. The van der Waals surface area contributed by atoms with E-state index in [2.05, 4.69) is 40.2 Å². The molecule has 0 spiro atoms. The summed E-state index contributed by atoms with van der Waals surface area (Å²) >= 11 is 3.32. The van der Waals surface area contributed by atoms with E-state index >= 15 is 0 Å². The summed E-state index contributed by atoms with van der Waals surface area (Å²) in [5.74, 6) is 0.199. The number of carbonyl (C=O) groups is 2. The van der Waals surface area contributed by atoms with E-state index < -0.39 is 0 Å². The minimum absolute atomic E-state index is 0.0579. The largest absolute Gasteiger partial charge is 0.448 e. The molecule has 128 valence electrons. The van der Waals surface area contributed by atoms with Crippen molar-refractivity contribution >= 4 is 27.8 Å². The highest BCUT2D eigenvalue weighted by Crippen LogP contribution is 2.44. The molecule has 0 N–H and O–H groups in total. The van der Waals surface area contributed by atoms with Gasteiger partial charge in [-0.3, -0.25) is 4.79 Å². The van der Waals surface area contributed by atoms with E-state index in [0.717, 1.165) is 0 Å². The third kappa shape index (κ3) is 2.97. The number of carbonyl (C=O) groups excluding carboxylic acids is 2. The average Bonchev–Trinajstić information content (AvgIpc) is 2.96. The Bertz CT molecular complexity index is 790. The maximum atomic E-state index is 12.4. The predicted molar refractivity (Wildman–Crippen MR) is 99.0 cm³/mol. The second-order valence-electron chi connectivity index (χ2n) is 6.43. The molecule has 1 heterocycles. The van der Waals surface area contributed by atoms with Crippen molar-refractivity contribution in [3.8, 4) is 11.1 Å². The molecule has 1 aliphatic heterocycles. The molecule has 2 aromatic rings. The number of halogens is 1. The van der Waals surface area contributed by atoms with Gasteiger partial charge in [0.25, 0.3) is 0 Å². The summed E-state index contributed by atoms with van der Waals surface area (Å²) in [5.41, 5.74) is 4.82. The van der Waals surface area contributed by atoms with Crippen LogP contribution in [0, 0.1) is 0 Å². The Kier molecular flexibility index (Phi) is 4.34. The topological polar surface area (TPSA) is 46.6 Å². The van der Waals surface area contributed by atoms with Crippen molar-refractivity contribution in [2.45, 2.75) is 17.2 Å². The van der Waals surface area contributed by atoms with E-state index in [0.29, 0.717) is 26.1 Å². The standard InChI is InChI=1S/C20H18BrNO3/c21-18-11-22(10-9-19(18)23)20(24)25-12-17-15-7-3-1-5-13(15)14-6-2-4-8-16(14)17/h1-8,17-18H,9-12H2/t18-/m0/s1. The first-order valence-corrected chi connectivity index (χ1v) is 9.33. The van der Waals surface area contributed by atoms with Crippen molar-refractivity contribution in [1.29, 1.82) is 0 Å². The summed E-state index contributed by atoms with van der Waals surface area (Å²) in [6.45, 7) is 1.11. The van der Waals surface area contributed by atoms with Crippen LogP contribution in [0.2, 0.25) is 0 Å². The molecule has 1 aliphatic carbocycles. The Morgan fingerprint density at radius 3 is 2.28 bits per heavy atom. The van der Waals surface area contributed by atoms with E-state index in [1.54, 1.807) is 4.90 Å². The van der Waals surface area contributed by atoms with E-state index in [-0.39, 0.29) is 22.6 Å². The Hall–Kier alpha value is -2.14. The predicted octanol–water partition coefficient (Wildman–Crippen LogP) is 3.97. The zero-order chi connectivity index (χ0) is 17.4. The number of fused-ring (bicyclic) bond motifs is 3. The molecule has 0 radical (unpaired) electrons. The Labute approximate surface area is 154 Å². The maximum Gasteiger partial charge on any atom is 0.409 e. The minimum atomic E-state index is -0.348. The van der Waals surface area contributed by atoms with Gasteiger partial charge in [-0.1, -0.05) is 64.5 Å². The van der Waals surface area contributed by atoms with Crippen LogP contribution in [0.25, 0.3) is 11.1 Å². The number of rotatable bonds is 2. The number of Topliss-reactive ketones (excluding diaryl/α,β-unsaturated/α-hetero) is 1. The number of ether oxygens (including phenoxy) is 1. The first-order chi connectivity index (χ1) is 12.1. The molecular formula is C20H18BrNO3. The number of alkyl halides is 1. The van der Waals surface area contributed by atoms with Gasteiger partial charge in [-0.2, -0.15) is 0 Å². The highest BCUT2D eigenvalue weighted by Gasteiger charge is 2.32. The van der Waals surface area contributed by atoms with Crippen LogP contribution >= 0.6 is 15.9 Å². The van der Waals surface area contributed by atoms with Crippen LogP contribution in [0.5, 0.6) is 0 Å². The van der Waals surface area contributed by atoms with Crippen LogP contribution in [0.3, 0.4) is 0 Å². The third-order valence-electron chi connectivity index (χ3n) is 4.95. The first-order valence-electron chi connectivity index (χ1n) is 8.42. The van der Waals surface area contributed by atoms with Gasteiger partial charge in [-0.15, -0.1) is 0 Å².